The van der Waals surface area contributed by atoms with E-state index in [-0.39, 0.29) is 16.6 Å². The van der Waals surface area contributed by atoms with Gasteiger partial charge in [-0.1, -0.05) is 56.3 Å². The summed E-state index contributed by atoms with van der Waals surface area (Å²) >= 11 is 1.89. The fraction of sp³-hybridized carbons (Fsp3) is 0.455. The van der Waals surface area contributed by atoms with Gasteiger partial charge in [-0.05, 0) is 35.5 Å². The van der Waals surface area contributed by atoms with Gasteiger partial charge < -0.3 is 5.32 Å². The second kappa shape index (κ2) is 7.07. The van der Waals surface area contributed by atoms with E-state index in [4.69, 9.17) is 4.99 Å². The quantitative estimate of drug-likeness (QED) is 0.871. The Balaban J connectivity index is 1.42. The molecule has 3 aliphatic rings. The third kappa shape index (κ3) is 3.05. The van der Waals surface area contributed by atoms with E-state index in [0.29, 0.717) is 18.4 Å². The first-order chi connectivity index (χ1) is 12.6. The van der Waals surface area contributed by atoms with E-state index in [0.717, 1.165) is 30.0 Å². The zero-order chi connectivity index (χ0) is 18.1. The van der Waals surface area contributed by atoms with Crippen LogP contribution in [-0.2, 0) is 11.3 Å². The van der Waals surface area contributed by atoms with Crippen molar-refractivity contribution in [3.8, 4) is 0 Å². The molecule has 3 nitrogen and oxygen atoms in total. The van der Waals surface area contributed by atoms with Crippen LogP contribution in [0.4, 0.5) is 0 Å². The summed E-state index contributed by atoms with van der Waals surface area (Å²) in [5.41, 5.74) is 3.65. The van der Waals surface area contributed by atoms with Gasteiger partial charge in [-0.25, -0.2) is 0 Å². The number of allylic oxidation sites excluding steroid dienone is 3. The molecular weight excluding hydrogens is 340 g/mol. The maximum atomic E-state index is 12.9. The highest BCUT2D eigenvalue weighted by Gasteiger charge is 2.53. The molecule has 2 heterocycles. The van der Waals surface area contributed by atoms with Crippen molar-refractivity contribution in [2.75, 3.05) is 12.3 Å². The van der Waals surface area contributed by atoms with Crippen molar-refractivity contribution in [1.29, 1.82) is 0 Å². The predicted octanol–water partition coefficient (Wildman–Crippen LogP) is 4.11. The van der Waals surface area contributed by atoms with E-state index in [1.54, 1.807) is 0 Å². The van der Waals surface area contributed by atoms with Crippen LogP contribution in [0.15, 0.2) is 53.6 Å². The summed E-state index contributed by atoms with van der Waals surface area (Å²) in [7, 11) is 0. The molecule has 3 atom stereocenters. The fourth-order valence-electron chi connectivity index (χ4n) is 4.26. The van der Waals surface area contributed by atoms with Crippen molar-refractivity contribution < 1.29 is 4.79 Å². The number of aliphatic imine (C=N–C) groups is 1. The highest BCUT2D eigenvalue weighted by Crippen LogP contribution is 2.52. The number of carbonyl (C=O) groups is 1. The van der Waals surface area contributed by atoms with Gasteiger partial charge in [0.1, 0.15) is 0 Å². The second-order valence-corrected chi connectivity index (χ2v) is 9.00. The summed E-state index contributed by atoms with van der Waals surface area (Å²) in [5, 5.41) is 3.18. The molecule has 1 aromatic rings. The number of hydrogen-bond donors (Lipinski definition) is 1. The lowest BCUT2D eigenvalue weighted by Gasteiger charge is -2.38. The maximum Gasteiger partial charge on any atom is 0.224 e. The highest BCUT2D eigenvalue weighted by molar-refractivity contribution is 8.02. The molecule has 1 amide bonds. The minimum atomic E-state index is -0.0755. The molecule has 0 aromatic heterocycles. The van der Waals surface area contributed by atoms with Crippen LogP contribution in [-0.4, -0.2) is 28.7 Å². The van der Waals surface area contributed by atoms with Crippen molar-refractivity contribution in [3.63, 3.8) is 0 Å². The molecule has 1 fully saturated rings. The van der Waals surface area contributed by atoms with E-state index in [1.165, 1.54) is 5.56 Å². The summed E-state index contributed by atoms with van der Waals surface area (Å²) in [4.78, 5) is 17.6. The van der Waals surface area contributed by atoms with Gasteiger partial charge in [0.2, 0.25) is 5.91 Å². The molecule has 0 saturated carbocycles. The largest absolute Gasteiger partial charge is 0.352 e. The Morgan fingerprint density at radius 2 is 2.12 bits per heavy atom. The van der Waals surface area contributed by atoms with E-state index in [2.05, 4.69) is 67.7 Å². The SMILES string of the molecule is CC(C)c1ccc(CNC(=O)C2CSC34C=CC=CC3=NCCC24)cc1. The summed E-state index contributed by atoms with van der Waals surface area (Å²) in [6, 6.07) is 8.58. The monoisotopic (exact) mass is 366 g/mol. The Kier molecular flexibility index (Phi) is 4.78. The molecule has 26 heavy (non-hydrogen) atoms. The second-order valence-electron chi connectivity index (χ2n) is 7.71. The molecule has 3 unspecified atom stereocenters. The van der Waals surface area contributed by atoms with E-state index < -0.39 is 0 Å². The molecule has 136 valence electrons. The molecule has 0 bridgehead atoms. The van der Waals surface area contributed by atoms with Crippen LogP contribution in [0.2, 0.25) is 0 Å². The van der Waals surface area contributed by atoms with Gasteiger partial charge in [-0.2, -0.15) is 0 Å². The number of nitrogens with one attached hydrogen (secondary N) is 1. The molecule has 1 spiro atoms. The Labute approximate surface area is 160 Å². The minimum absolute atomic E-state index is 0.0663. The average Bonchev–Trinajstić information content (AvgIpc) is 3.04. The van der Waals surface area contributed by atoms with Crippen LogP contribution < -0.4 is 5.32 Å². The van der Waals surface area contributed by atoms with Gasteiger partial charge in [0.25, 0.3) is 0 Å². The van der Waals surface area contributed by atoms with Crippen LogP contribution in [0.1, 0.15) is 37.3 Å². The van der Waals surface area contributed by atoms with Crippen LogP contribution in [0.3, 0.4) is 0 Å². The lowest BCUT2D eigenvalue weighted by Crippen LogP contribution is -2.46. The first-order valence-electron chi connectivity index (χ1n) is 9.51. The molecule has 0 radical (unpaired) electrons. The minimum Gasteiger partial charge on any atom is -0.352 e. The third-order valence-electron chi connectivity index (χ3n) is 5.82. The van der Waals surface area contributed by atoms with Crippen molar-refractivity contribution in [1.82, 2.24) is 5.32 Å². The lowest BCUT2D eigenvalue weighted by molar-refractivity contribution is -0.125. The molecule has 1 aromatic carbocycles. The van der Waals surface area contributed by atoms with E-state index in [1.807, 2.05) is 11.8 Å². The van der Waals surface area contributed by atoms with Crippen molar-refractivity contribution in [3.05, 3.63) is 59.7 Å². The van der Waals surface area contributed by atoms with Crippen molar-refractivity contribution >= 4 is 23.4 Å². The highest BCUT2D eigenvalue weighted by atomic mass is 32.2. The van der Waals surface area contributed by atoms with Crippen LogP contribution >= 0.6 is 11.8 Å². The summed E-state index contributed by atoms with van der Waals surface area (Å²) < 4.78 is -0.0755. The van der Waals surface area contributed by atoms with Crippen LogP contribution in [0.25, 0.3) is 0 Å². The number of rotatable bonds is 4. The predicted molar refractivity (Wildman–Crippen MR) is 110 cm³/mol. The van der Waals surface area contributed by atoms with Crippen molar-refractivity contribution in [2.24, 2.45) is 16.8 Å². The molecule has 4 rings (SSSR count). The number of nitrogens with zero attached hydrogens (tertiary/aromatic N) is 1. The Bertz CT molecular complexity index is 778. The zero-order valence-electron chi connectivity index (χ0n) is 15.4. The number of hydrogen-bond acceptors (Lipinski definition) is 3. The summed E-state index contributed by atoms with van der Waals surface area (Å²) in [5.74, 6) is 2.02. The van der Waals surface area contributed by atoms with Gasteiger partial charge >= 0.3 is 0 Å². The topological polar surface area (TPSA) is 41.5 Å². The average molecular weight is 367 g/mol. The van der Waals surface area contributed by atoms with Gasteiger partial charge in [-0.15, -0.1) is 11.8 Å². The van der Waals surface area contributed by atoms with Gasteiger partial charge in [0.05, 0.1) is 16.4 Å². The number of thioether (sulfide) groups is 1. The number of benzene rings is 1. The summed E-state index contributed by atoms with van der Waals surface area (Å²) in [6.45, 7) is 5.83. The Morgan fingerprint density at radius 3 is 2.88 bits per heavy atom. The van der Waals surface area contributed by atoms with Gasteiger partial charge in [0.15, 0.2) is 0 Å². The fourth-order valence-corrected chi connectivity index (χ4v) is 6.05. The summed E-state index contributed by atoms with van der Waals surface area (Å²) in [6.07, 6.45) is 9.55. The van der Waals surface area contributed by atoms with E-state index >= 15 is 0 Å². The number of carbonyl (C=O) groups excluding carboxylic acids is 1. The van der Waals surface area contributed by atoms with Crippen LogP contribution in [0, 0.1) is 11.8 Å². The zero-order valence-corrected chi connectivity index (χ0v) is 16.3. The standard InChI is InChI=1S/C22H26N2OS/c1-15(2)17-8-6-16(7-9-17)13-24-21(25)18-14-26-22-11-4-3-5-20(22)23-12-10-19(18)22/h3-9,11,15,18-19H,10,12-14H2,1-2H3,(H,24,25). The lowest BCUT2D eigenvalue weighted by atomic mass is 9.74. The first kappa shape index (κ1) is 17.6. The molecule has 1 N–H and O–H groups in total. The normalized spacial score (nSPS) is 29.3. The Morgan fingerprint density at radius 1 is 1.31 bits per heavy atom. The van der Waals surface area contributed by atoms with E-state index in [9.17, 15) is 4.79 Å². The van der Waals surface area contributed by atoms with Gasteiger partial charge in [0, 0.05) is 18.8 Å². The molecular formula is C22H26N2OS. The maximum absolute atomic E-state index is 12.9. The first-order valence-corrected chi connectivity index (χ1v) is 10.5. The molecule has 1 saturated heterocycles. The molecule has 1 aliphatic carbocycles. The smallest absolute Gasteiger partial charge is 0.224 e. The number of amides is 1. The van der Waals surface area contributed by atoms with Gasteiger partial charge in [-0.3, -0.25) is 9.79 Å². The van der Waals surface area contributed by atoms with Crippen molar-refractivity contribution in [2.45, 2.75) is 37.5 Å². The third-order valence-corrected chi connectivity index (χ3v) is 7.47. The van der Waals surface area contributed by atoms with Crippen LogP contribution in [0.5, 0.6) is 0 Å². The molecule has 2 aliphatic heterocycles. The molecule has 4 heteroatoms. The Hall–Kier alpha value is -1.81.